The lowest BCUT2D eigenvalue weighted by molar-refractivity contribution is -0.125. The van der Waals surface area contributed by atoms with Crippen molar-refractivity contribution >= 4 is 5.91 Å². The molecule has 2 N–H and O–H groups in total. The highest BCUT2D eigenvalue weighted by molar-refractivity contribution is 5.79. The fourth-order valence-corrected chi connectivity index (χ4v) is 3.01. The van der Waals surface area contributed by atoms with Gasteiger partial charge in [-0.1, -0.05) is 32.0 Å². The zero-order valence-electron chi connectivity index (χ0n) is 12.9. The van der Waals surface area contributed by atoms with E-state index in [0.717, 1.165) is 25.7 Å². The van der Waals surface area contributed by atoms with Gasteiger partial charge in [0.25, 0.3) is 0 Å². The first-order valence-corrected chi connectivity index (χ1v) is 7.79. The van der Waals surface area contributed by atoms with Crippen LogP contribution in [-0.4, -0.2) is 29.3 Å². The number of benzene rings is 1. The number of rotatable bonds is 5. The predicted molar refractivity (Wildman–Crippen MR) is 82.2 cm³/mol. The van der Waals surface area contributed by atoms with E-state index in [4.69, 9.17) is 4.74 Å². The van der Waals surface area contributed by atoms with Crippen LogP contribution in [0.3, 0.4) is 0 Å². The Bertz CT molecular complexity index is 483. The van der Waals surface area contributed by atoms with Crippen LogP contribution in [-0.2, 0) is 16.0 Å². The fraction of sp³-hybridized carbons (Fsp3) is 0.588. The van der Waals surface area contributed by atoms with Crippen LogP contribution in [0.1, 0.15) is 45.1 Å². The highest BCUT2D eigenvalue weighted by Crippen LogP contribution is 2.31. The van der Waals surface area contributed by atoms with Gasteiger partial charge in [-0.2, -0.15) is 0 Å². The van der Waals surface area contributed by atoms with Crippen molar-refractivity contribution in [3.8, 4) is 5.75 Å². The normalized spacial score (nSPS) is 21.0. The molecule has 2 rings (SSSR count). The summed E-state index contributed by atoms with van der Waals surface area (Å²) in [5.74, 6) is 0.139. The van der Waals surface area contributed by atoms with Crippen molar-refractivity contribution < 1.29 is 14.6 Å². The van der Waals surface area contributed by atoms with E-state index in [-0.39, 0.29) is 29.7 Å². The summed E-state index contributed by atoms with van der Waals surface area (Å²) < 4.78 is 5.92. The van der Waals surface area contributed by atoms with Gasteiger partial charge in [-0.15, -0.1) is 0 Å². The highest BCUT2D eigenvalue weighted by atomic mass is 16.5. The number of hydrogen-bond donors (Lipinski definition) is 2. The maximum absolute atomic E-state index is 12.2. The van der Waals surface area contributed by atoms with Gasteiger partial charge < -0.3 is 15.2 Å². The summed E-state index contributed by atoms with van der Waals surface area (Å²) in [4.78, 5) is 12.2. The number of carbonyl (C=O) groups excluding carboxylic acids is 1. The summed E-state index contributed by atoms with van der Waals surface area (Å²) in [7, 11) is 0. The van der Waals surface area contributed by atoms with E-state index in [1.807, 2.05) is 6.07 Å². The number of phenolic OH excluding ortho intramolecular Hbond substituents is 1. The van der Waals surface area contributed by atoms with Crippen molar-refractivity contribution in [2.45, 2.75) is 57.6 Å². The van der Waals surface area contributed by atoms with E-state index in [0.29, 0.717) is 12.2 Å². The third-order valence-corrected chi connectivity index (χ3v) is 4.49. The Hall–Kier alpha value is -1.55. The molecule has 1 aromatic carbocycles. The molecule has 0 aromatic heterocycles. The van der Waals surface area contributed by atoms with E-state index < -0.39 is 0 Å². The predicted octanol–water partition coefficient (Wildman–Crippen LogP) is 2.79. The number of phenols is 1. The molecule has 1 aromatic rings. The minimum absolute atomic E-state index is 0.0375. The van der Waals surface area contributed by atoms with Gasteiger partial charge in [0.15, 0.2) is 0 Å². The zero-order chi connectivity index (χ0) is 15.3. The summed E-state index contributed by atoms with van der Waals surface area (Å²) in [6, 6.07) is 7.14. The molecular formula is C17H25NO3. The molecule has 1 unspecified atom stereocenters. The van der Waals surface area contributed by atoms with Crippen molar-refractivity contribution in [3.05, 3.63) is 29.8 Å². The number of hydrogen-bond acceptors (Lipinski definition) is 3. The van der Waals surface area contributed by atoms with E-state index in [2.05, 4.69) is 19.2 Å². The summed E-state index contributed by atoms with van der Waals surface area (Å²) in [5.41, 5.74) is 0.574. The van der Waals surface area contributed by atoms with E-state index in [1.165, 1.54) is 0 Å². The fourth-order valence-electron chi connectivity index (χ4n) is 3.01. The van der Waals surface area contributed by atoms with Gasteiger partial charge in [0.1, 0.15) is 5.75 Å². The largest absolute Gasteiger partial charge is 0.508 e. The van der Waals surface area contributed by atoms with Crippen LogP contribution in [0, 0.1) is 0 Å². The van der Waals surface area contributed by atoms with Gasteiger partial charge in [-0.25, -0.2) is 0 Å². The molecule has 0 aliphatic carbocycles. The molecule has 4 heteroatoms. The lowest BCUT2D eigenvalue weighted by Gasteiger charge is -2.40. The molecule has 0 bridgehead atoms. The second-order valence-electron chi connectivity index (χ2n) is 5.80. The summed E-state index contributed by atoms with van der Waals surface area (Å²) >= 11 is 0. The molecule has 0 spiro atoms. The average Bonchev–Trinajstić information content (AvgIpc) is 2.49. The molecule has 116 valence electrons. The monoisotopic (exact) mass is 291 g/mol. The standard InChI is InChI=1S/C17H25NO3/c1-3-17(4-2)12-14(9-10-21-17)18-16(20)11-13-7-5-6-8-15(13)19/h5-8,14,19H,3-4,9-12H2,1-2H3,(H,18,20). The molecule has 1 saturated heterocycles. The first kappa shape index (κ1) is 15.8. The molecular weight excluding hydrogens is 266 g/mol. The van der Waals surface area contributed by atoms with Gasteiger partial charge in [-0.3, -0.25) is 4.79 Å². The van der Waals surface area contributed by atoms with Crippen molar-refractivity contribution in [2.24, 2.45) is 0 Å². The summed E-state index contributed by atoms with van der Waals surface area (Å²) in [6.45, 7) is 4.97. The molecule has 4 nitrogen and oxygen atoms in total. The summed E-state index contributed by atoms with van der Waals surface area (Å²) in [5, 5.41) is 12.8. The van der Waals surface area contributed by atoms with Crippen molar-refractivity contribution in [1.82, 2.24) is 5.32 Å². The minimum Gasteiger partial charge on any atom is -0.508 e. The third kappa shape index (κ3) is 3.97. The Morgan fingerprint density at radius 2 is 2.10 bits per heavy atom. The van der Waals surface area contributed by atoms with E-state index in [9.17, 15) is 9.90 Å². The van der Waals surface area contributed by atoms with Crippen LogP contribution in [0.25, 0.3) is 0 Å². The van der Waals surface area contributed by atoms with Gasteiger partial charge in [0.2, 0.25) is 5.91 Å². The first-order chi connectivity index (χ1) is 10.1. The number of para-hydroxylation sites is 1. The van der Waals surface area contributed by atoms with E-state index in [1.54, 1.807) is 18.2 Å². The average molecular weight is 291 g/mol. The molecule has 1 fully saturated rings. The quantitative estimate of drug-likeness (QED) is 0.877. The molecule has 21 heavy (non-hydrogen) atoms. The van der Waals surface area contributed by atoms with Crippen LogP contribution in [0.2, 0.25) is 0 Å². The van der Waals surface area contributed by atoms with Gasteiger partial charge in [-0.05, 0) is 31.7 Å². The molecule has 1 atom stereocenters. The first-order valence-electron chi connectivity index (χ1n) is 7.79. The van der Waals surface area contributed by atoms with Crippen molar-refractivity contribution in [2.75, 3.05) is 6.61 Å². The molecule has 0 radical (unpaired) electrons. The zero-order valence-corrected chi connectivity index (χ0v) is 12.9. The van der Waals surface area contributed by atoms with Crippen molar-refractivity contribution in [1.29, 1.82) is 0 Å². The molecule has 1 amide bonds. The van der Waals surface area contributed by atoms with E-state index >= 15 is 0 Å². The lowest BCUT2D eigenvalue weighted by atomic mass is 9.86. The van der Waals surface area contributed by atoms with Crippen LogP contribution in [0.15, 0.2) is 24.3 Å². The smallest absolute Gasteiger partial charge is 0.224 e. The maximum atomic E-state index is 12.2. The molecule has 1 aliphatic heterocycles. The Labute approximate surface area is 126 Å². The van der Waals surface area contributed by atoms with Crippen LogP contribution in [0.4, 0.5) is 0 Å². The third-order valence-electron chi connectivity index (χ3n) is 4.49. The summed E-state index contributed by atoms with van der Waals surface area (Å²) in [6.07, 6.45) is 3.88. The van der Waals surface area contributed by atoms with Gasteiger partial charge in [0.05, 0.1) is 12.0 Å². The number of amides is 1. The Morgan fingerprint density at radius 1 is 1.38 bits per heavy atom. The number of ether oxygens (including phenoxy) is 1. The second-order valence-corrected chi connectivity index (χ2v) is 5.80. The Morgan fingerprint density at radius 3 is 2.76 bits per heavy atom. The van der Waals surface area contributed by atoms with Crippen LogP contribution < -0.4 is 5.32 Å². The van der Waals surface area contributed by atoms with Gasteiger partial charge in [0, 0.05) is 18.2 Å². The van der Waals surface area contributed by atoms with Crippen LogP contribution >= 0.6 is 0 Å². The maximum Gasteiger partial charge on any atom is 0.224 e. The van der Waals surface area contributed by atoms with Crippen molar-refractivity contribution in [3.63, 3.8) is 0 Å². The SMILES string of the molecule is CCC1(CC)CC(NC(=O)Cc2ccccc2O)CCO1. The Kier molecular flexibility index (Phi) is 5.23. The topological polar surface area (TPSA) is 58.6 Å². The number of aromatic hydroxyl groups is 1. The highest BCUT2D eigenvalue weighted by Gasteiger charge is 2.34. The molecule has 0 saturated carbocycles. The Balaban J connectivity index is 1.92. The minimum atomic E-state index is -0.0922. The van der Waals surface area contributed by atoms with Crippen LogP contribution in [0.5, 0.6) is 5.75 Å². The number of carbonyl (C=O) groups is 1. The number of nitrogens with one attached hydrogen (secondary N) is 1. The second kappa shape index (κ2) is 6.94. The van der Waals surface area contributed by atoms with Gasteiger partial charge >= 0.3 is 0 Å². The molecule has 1 aliphatic rings. The lowest BCUT2D eigenvalue weighted by Crippen LogP contribution is -2.48. The molecule has 1 heterocycles.